The van der Waals surface area contributed by atoms with Gasteiger partial charge in [0, 0.05) is 19.4 Å². The molecule has 2 atom stereocenters. The van der Waals surface area contributed by atoms with Gasteiger partial charge < -0.3 is 14.4 Å². The highest BCUT2D eigenvalue weighted by molar-refractivity contribution is 5.68. The Labute approximate surface area is 152 Å². The van der Waals surface area contributed by atoms with Crippen LogP contribution in [-0.2, 0) is 9.47 Å². The molecule has 2 rings (SSSR count). The zero-order valence-corrected chi connectivity index (χ0v) is 15.7. The van der Waals surface area contributed by atoms with Crippen LogP contribution in [0.3, 0.4) is 0 Å². The summed E-state index contributed by atoms with van der Waals surface area (Å²) in [4.78, 5) is 14.0. The molecule has 4 nitrogen and oxygen atoms in total. The quantitative estimate of drug-likeness (QED) is 0.637. The summed E-state index contributed by atoms with van der Waals surface area (Å²) < 4.78 is 61.4. The molecule has 8 heteroatoms. The van der Waals surface area contributed by atoms with Crippen LogP contribution >= 0.6 is 0 Å². The predicted octanol–water partition coefficient (Wildman–Crippen LogP) is 5.07. The van der Waals surface area contributed by atoms with Gasteiger partial charge in [-0.1, -0.05) is 0 Å². The second kappa shape index (κ2) is 8.31. The first-order valence-electron chi connectivity index (χ1n) is 9.24. The number of nitrogens with zero attached hydrogens (tertiary/aromatic N) is 1. The van der Waals surface area contributed by atoms with E-state index in [4.69, 9.17) is 4.74 Å². The van der Waals surface area contributed by atoms with Crippen molar-refractivity contribution < 1.29 is 31.8 Å². The molecule has 26 heavy (non-hydrogen) atoms. The molecule has 0 spiro atoms. The van der Waals surface area contributed by atoms with Crippen molar-refractivity contribution >= 4 is 6.09 Å². The van der Waals surface area contributed by atoms with Crippen LogP contribution in [0.5, 0.6) is 0 Å². The average molecular weight is 383 g/mol. The number of halogens is 4. The van der Waals surface area contributed by atoms with Crippen molar-refractivity contribution in [2.24, 2.45) is 11.8 Å². The van der Waals surface area contributed by atoms with Crippen LogP contribution in [-0.4, -0.2) is 48.3 Å². The maximum atomic E-state index is 13.4. The third-order valence-corrected chi connectivity index (χ3v) is 5.21. The van der Waals surface area contributed by atoms with Gasteiger partial charge in [0.05, 0.1) is 12.6 Å². The highest BCUT2D eigenvalue weighted by Crippen LogP contribution is 2.42. The van der Waals surface area contributed by atoms with Crippen molar-refractivity contribution in [2.45, 2.75) is 83.5 Å². The Balaban J connectivity index is 2.02. The second-order valence-corrected chi connectivity index (χ2v) is 8.41. The molecule has 0 aromatic rings. The van der Waals surface area contributed by atoms with Gasteiger partial charge in [-0.15, -0.1) is 0 Å². The first-order valence-corrected chi connectivity index (χ1v) is 9.24. The van der Waals surface area contributed by atoms with Crippen molar-refractivity contribution in [1.82, 2.24) is 4.90 Å². The molecule has 1 heterocycles. The number of piperidine rings is 1. The molecule has 1 saturated heterocycles. The number of alkyl halides is 4. The van der Waals surface area contributed by atoms with E-state index in [0.717, 1.165) is 0 Å². The monoisotopic (exact) mass is 383 g/mol. The molecule has 0 N–H and O–H groups in total. The Kier molecular flexibility index (Phi) is 6.80. The Morgan fingerprint density at radius 3 is 2.27 bits per heavy atom. The number of hydrogen-bond donors (Lipinski definition) is 0. The molecule has 0 aromatic carbocycles. The lowest BCUT2D eigenvalue weighted by Crippen LogP contribution is -2.52. The topological polar surface area (TPSA) is 38.8 Å². The Bertz CT molecular complexity index is 472. The summed E-state index contributed by atoms with van der Waals surface area (Å²) in [6.07, 6.45) is 1.26. The predicted molar refractivity (Wildman–Crippen MR) is 88.3 cm³/mol. The molecule has 0 radical (unpaired) electrons. The van der Waals surface area contributed by atoms with Gasteiger partial charge in [0.1, 0.15) is 5.60 Å². The smallest absolute Gasteiger partial charge is 0.410 e. The van der Waals surface area contributed by atoms with Crippen LogP contribution in [0.25, 0.3) is 0 Å². The first-order chi connectivity index (χ1) is 12.0. The van der Waals surface area contributed by atoms with E-state index in [-0.39, 0.29) is 31.3 Å². The van der Waals surface area contributed by atoms with Crippen LogP contribution in [0.1, 0.15) is 59.3 Å². The maximum absolute atomic E-state index is 13.4. The fourth-order valence-electron chi connectivity index (χ4n) is 3.88. The Morgan fingerprint density at radius 1 is 1.12 bits per heavy atom. The first kappa shape index (κ1) is 21.3. The average Bonchev–Trinajstić information content (AvgIpc) is 2.51. The van der Waals surface area contributed by atoms with Crippen LogP contribution < -0.4 is 0 Å². The Hall–Kier alpha value is -1.05. The lowest BCUT2D eigenvalue weighted by Gasteiger charge is -2.43. The van der Waals surface area contributed by atoms with Crippen LogP contribution in [0, 0.1) is 11.8 Å². The summed E-state index contributed by atoms with van der Waals surface area (Å²) in [6.45, 7) is 2.39. The van der Waals surface area contributed by atoms with Gasteiger partial charge in [0.15, 0.2) is 0 Å². The summed E-state index contributed by atoms with van der Waals surface area (Å²) in [5.41, 5.74) is -0.703. The minimum atomic E-state index is -2.89. The van der Waals surface area contributed by atoms with E-state index in [1.807, 2.05) is 0 Å². The largest absolute Gasteiger partial charge is 0.444 e. The second-order valence-electron chi connectivity index (χ2n) is 8.41. The highest BCUT2D eigenvalue weighted by atomic mass is 19.3. The van der Waals surface area contributed by atoms with Gasteiger partial charge in [-0.25, -0.2) is 13.6 Å². The number of hydrogen-bond acceptors (Lipinski definition) is 3. The number of ether oxygens (including phenoxy) is 2. The number of carbonyl (C=O) groups is 1. The molecule has 0 aromatic heterocycles. The van der Waals surface area contributed by atoms with E-state index in [1.165, 1.54) is 4.90 Å². The van der Waals surface area contributed by atoms with Gasteiger partial charge in [-0.2, -0.15) is 8.78 Å². The lowest BCUT2D eigenvalue weighted by molar-refractivity contribution is -0.145. The maximum Gasteiger partial charge on any atom is 0.410 e. The van der Waals surface area contributed by atoms with Crippen molar-refractivity contribution in [3.63, 3.8) is 0 Å². The van der Waals surface area contributed by atoms with E-state index in [9.17, 15) is 22.4 Å². The third kappa shape index (κ3) is 6.28. The summed E-state index contributed by atoms with van der Waals surface area (Å²) in [5, 5.41) is 0. The summed E-state index contributed by atoms with van der Waals surface area (Å²) in [6, 6.07) is -0.486. The molecule has 0 bridgehead atoms. The van der Waals surface area contributed by atoms with Gasteiger partial charge >= 0.3 is 12.7 Å². The Morgan fingerprint density at radius 2 is 1.73 bits per heavy atom. The molecular weight excluding hydrogens is 354 g/mol. The molecule has 2 fully saturated rings. The molecule has 152 valence electrons. The zero-order valence-electron chi connectivity index (χ0n) is 15.7. The molecule has 1 aliphatic heterocycles. The normalized spacial score (nSPS) is 27.6. The van der Waals surface area contributed by atoms with E-state index in [0.29, 0.717) is 32.2 Å². The minimum absolute atomic E-state index is 0.0846. The highest BCUT2D eigenvalue weighted by Gasteiger charge is 2.42. The number of likely N-dealkylation sites (tertiary alicyclic amines) is 1. The van der Waals surface area contributed by atoms with E-state index < -0.39 is 30.3 Å². The van der Waals surface area contributed by atoms with Crippen molar-refractivity contribution in [1.29, 1.82) is 0 Å². The van der Waals surface area contributed by atoms with Crippen LogP contribution in [0.4, 0.5) is 22.4 Å². The van der Waals surface area contributed by atoms with Gasteiger partial charge in [-0.05, 0) is 58.3 Å². The van der Waals surface area contributed by atoms with E-state index >= 15 is 0 Å². The number of carbonyl (C=O) groups excluding carboxylic acids is 1. The summed E-state index contributed by atoms with van der Waals surface area (Å²) in [7, 11) is 0. The number of rotatable bonds is 4. The fourth-order valence-corrected chi connectivity index (χ4v) is 3.88. The van der Waals surface area contributed by atoms with E-state index in [2.05, 4.69) is 4.74 Å². The van der Waals surface area contributed by atoms with E-state index in [1.54, 1.807) is 20.8 Å². The van der Waals surface area contributed by atoms with Gasteiger partial charge in [-0.3, -0.25) is 0 Å². The van der Waals surface area contributed by atoms with Crippen LogP contribution in [0.15, 0.2) is 0 Å². The molecule has 2 aliphatic rings. The zero-order chi connectivity index (χ0) is 19.5. The third-order valence-electron chi connectivity index (χ3n) is 5.21. The molecule has 1 saturated carbocycles. The lowest BCUT2D eigenvalue weighted by atomic mass is 9.74. The van der Waals surface area contributed by atoms with Crippen molar-refractivity contribution in [2.75, 3.05) is 13.2 Å². The van der Waals surface area contributed by atoms with Gasteiger partial charge in [0.25, 0.3) is 0 Å². The minimum Gasteiger partial charge on any atom is -0.444 e. The van der Waals surface area contributed by atoms with Gasteiger partial charge in [0.2, 0.25) is 5.92 Å². The standard InChI is InChI=1S/C18H29F4NO3/c1-17(2,3)26-16(24)23-10-13(4-5-14(23)11-25-15(19)20)12-6-8-18(21,22)9-7-12/h12-15H,4-11H2,1-3H3. The summed E-state index contributed by atoms with van der Waals surface area (Å²) in [5.74, 6) is -2.39. The number of amides is 1. The molecule has 1 aliphatic carbocycles. The molecule has 1 amide bonds. The van der Waals surface area contributed by atoms with Crippen molar-refractivity contribution in [3.05, 3.63) is 0 Å². The van der Waals surface area contributed by atoms with Crippen LogP contribution in [0.2, 0.25) is 0 Å². The summed E-state index contributed by atoms with van der Waals surface area (Å²) >= 11 is 0. The SMILES string of the molecule is CC(C)(C)OC(=O)N1CC(C2CCC(F)(F)CC2)CCC1COC(F)F. The molecule has 2 unspecified atom stereocenters. The van der Waals surface area contributed by atoms with Crippen molar-refractivity contribution in [3.8, 4) is 0 Å². The molecular formula is C18H29F4NO3. The fraction of sp³-hybridized carbons (Fsp3) is 0.944.